The molecule has 1 aromatic heterocycles. The zero-order chi connectivity index (χ0) is 13.7. The van der Waals surface area contributed by atoms with Gasteiger partial charge in [-0.05, 0) is 43.7 Å². The number of nitrogens with zero attached hydrogens (tertiary/aromatic N) is 2. The van der Waals surface area contributed by atoms with Crippen molar-refractivity contribution in [3.05, 3.63) is 53.1 Å². The number of hydrogen-bond donors (Lipinski definition) is 1. The lowest BCUT2D eigenvalue weighted by molar-refractivity contribution is 0.505. The molecule has 0 saturated heterocycles. The topological polar surface area (TPSA) is 29.9 Å². The molecular formula is C14H17ClFN3. The number of hydrogen-bond acceptors (Lipinski definition) is 2. The largest absolute Gasteiger partial charge is 0.310 e. The van der Waals surface area contributed by atoms with Crippen molar-refractivity contribution in [1.82, 2.24) is 15.1 Å². The van der Waals surface area contributed by atoms with Crippen LogP contribution in [0.15, 0.2) is 36.7 Å². The van der Waals surface area contributed by atoms with Gasteiger partial charge in [0.15, 0.2) is 0 Å². The van der Waals surface area contributed by atoms with Crippen LogP contribution in [-0.2, 0) is 6.54 Å². The second-order valence-corrected chi connectivity index (χ2v) is 4.88. The van der Waals surface area contributed by atoms with Crippen molar-refractivity contribution in [2.75, 3.05) is 6.54 Å². The van der Waals surface area contributed by atoms with E-state index in [0.717, 1.165) is 25.1 Å². The van der Waals surface area contributed by atoms with E-state index in [4.69, 9.17) is 11.6 Å². The Kier molecular flexibility index (Phi) is 4.93. The molecule has 0 spiro atoms. The Morgan fingerprint density at radius 2 is 2.32 bits per heavy atom. The van der Waals surface area contributed by atoms with Gasteiger partial charge in [-0.1, -0.05) is 17.7 Å². The number of aromatic nitrogens is 2. The third-order valence-electron chi connectivity index (χ3n) is 3.02. The molecule has 1 heterocycles. The minimum atomic E-state index is -0.371. The van der Waals surface area contributed by atoms with Crippen LogP contribution in [0.5, 0.6) is 0 Å². The molecular weight excluding hydrogens is 265 g/mol. The Morgan fingerprint density at radius 1 is 1.47 bits per heavy atom. The molecule has 0 aliphatic carbocycles. The highest BCUT2D eigenvalue weighted by atomic mass is 35.5. The SMILES string of the molecule is CC(NCCCn1cccn1)c1ccc(Cl)c(F)c1. The van der Waals surface area contributed by atoms with Crippen LogP contribution < -0.4 is 5.32 Å². The summed E-state index contributed by atoms with van der Waals surface area (Å²) in [4.78, 5) is 0. The summed E-state index contributed by atoms with van der Waals surface area (Å²) < 4.78 is 15.2. The minimum Gasteiger partial charge on any atom is -0.310 e. The van der Waals surface area contributed by atoms with Crippen LogP contribution in [0.1, 0.15) is 24.9 Å². The Bertz CT molecular complexity index is 513. The molecule has 0 amide bonds. The lowest BCUT2D eigenvalue weighted by Crippen LogP contribution is -2.21. The fourth-order valence-corrected chi connectivity index (χ4v) is 2.01. The van der Waals surface area contributed by atoms with Crippen molar-refractivity contribution in [2.45, 2.75) is 25.9 Å². The lowest BCUT2D eigenvalue weighted by atomic mass is 10.1. The highest BCUT2D eigenvalue weighted by molar-refractivity contribution is 6.30. The van der Waals surface area contributed by atoms with Gasteiger partial charge in [-0.15, -0.1) is 0 Å². The highest BCUT2D eigenvalue weighted by Crippen LogP contribution is 2.19. The highest BCUT2D eigenvalue weighted by Gasteiger charge is 2.07. The summed E-state index contributed by atoms with van der Waals surface area (Å²) in [6.45, 7) is 3.74. The fourth-order valence-electron chi connectivity index (χ4n) is 1.89. The molecule has 5 heteroatoms. The van der Waals surface area contributed by atoms with Crippen LogP contribution in [0, 0.1) is 5.82 Å². The maximum atomic E-state index is 13.3. The Hall–Kier alpha value is -1.39. The van der Waals surface area contributed by atoms with Crippen LogP contribution >= 0.6 is 11.6 Å². The second-order valence-electron chi connectivity index (χ2n) is 4.47. The summed E-state index contributed by atoms with van der Waals surface area (Å²) in [6, 6.07) is 6.93. The molecule has 0 bridgehead atoms. The summed E-state index contributed by atoms with van der Waals surface area (Å²) in [6.07, 6.45) is 4.69. The number of nitrogens with one attached hydrogen (secondary N) is 1. The molecule has 1 unspecified atom stereocenters. The zero-order valence-electron chi connectivity index (χ0n) is 10.8. The van der Waals surface area contributed by atoms with E-state index < -0.39 is 0 Å². The number of aryl methyl sites for hydroxylation is 1. The first kappa shape index (κ1) is 14.0. The summed E-state index contributed by atoms with van der Waals surface area (Å²) >= 11 is 5.66. The zero-order valence-corrected chi connectivity index (χ0v) is 11.6. The lowest BCUT2D eigenvalue weighted by Gasteiger charge is -2.14. The average molecular weight is 282 g/mol. The molecule has 1 atom stereocenters. The third-order valence-corrected chi connectivity index (χ3v) is 3.32. The molecule has 2 rings (SSSR count). The molecule has 0 aliphatic rings. The molecule has 0 saturated carbocycles. The van der Waals surface area contributed by atoms with Crippen LogP contribution in [0.25, 0.3) is 0 Å². The van der Waals surface area contributed by atoms with Gasteiger partial charge in [-0.25, -0.2) is 4.39 Å². The molecule has 2 aromatic rings. The van der Waals surface area contributed by atoms with Crippen molar-refractivity contribution in [3.63, 3.8) is 0 Å². The van der Waals surface area contributed by atoms with Crippen molar-refractivity contribution >= 4 is 11.6 Å². The number of benzene rings is 1. The predicted octanol–water partition coefficient (Wildman–Crippen LogP) is 3.42. The van der Waals surface area contributed by atoms with Crippen LogP contribution in [0.3, 0.4) is 0 Å². The molecule has 3 nitrogen and oxygen atoms in total. The van der Waals surface area contributed by atoms with Crippen LogP contribution in [0.2, 0.25) is 5.02 Å². The van der Waals surface area contributed by atoms with E-state index in [1.165, 1.54) is 6.07 Å². The van der Waals surface area contributed by atoms with Gasteiger partial charge < -0.3 is 5.32 Å². The monoisotopic (exact) mass is 281 g/mol. The van der Waals surface area contributed by atoms with Gasteiger partial charge in [0.1, 0.15) is 5.82 Å². The smallest absolute Gasteiger partial charge is 0.142 e. The van der Waals surface area contributed by atoms with Gasteiger partial charge in [-0.2, -0.15) is 5.10 Å². The molecule has 0 fully saturated rings. The second kappa shape index (κ2) is 6.68. The van der Waals surface area contributed by atoms with Gasteiger partial charge in [0, 0.05) is 25.0 Å². The van der Waals surface area contributed by atoms with E-state index in [1.807, 2.05) is 29.9 Å². The molecule has 1 aromatic carbocycles. The van der Waals surface area contributed by atoms with Gasteiger partial charge in [0.25, 0.3) is 0 Å². The molecule has 102 valence electrons. The standard InChI is InChI=1S/C14H17ClFN3/c1-11(12-4-5-13(15)14(16)10-12)17-6-2-8-19-9-3-7-18-19/h3-5,7,9-11,17H,2,6,8H2,1H3. The van der Waals surface area contributed by atoms with Gasteiger partial charge >= 0.3 is 0 Å². The molecule has 19 heavy (non-hydrogen) atoms. The first-order chi connectivity index (χ1) is 9.16. The Labute approximate surface area is 117 Å². The van der Waals surface area contributed by atoms with Crippen molar-refractivity contribution in [2.24, 2.45) is 0 Å². The quantitative estimate of drug-likeness (QED) is 0.822. The summed E-state index contributed by atoms with van der Waals surface area (Å²) in [5.41, 5.74) is 0.904. The van der Waals surface area contributed by atoms with Crippen LogP contribution in [0.4, 0.5) is 4.39 Å². The number of rotatable bonds is 6. The van der Waals surface area contributed by atoms with E-state index >= 15 is 0 Å². The predicted molar refractivity (Wildman–Crippen MR) is 74.7 cm³/mol. The van der Waals surface area contributed by atoms with Crippen molar-refractivity contribution in [1.29, 1.82) is 0 Å². The van der Waals surface area contributed by atoms with E-state index in [-0.39, 0.29) is 16.9 Å². The van der Waals surface area contributed by atoms with Crippen molar-refractivity contribution < 1.29 is 4.39 Å². The normalized spacial score (nSPS) is 12.6. The first-order valence-electron chi connectivity index (χ1n) is 6.32. The Balaban J connectivity index is 1.77. The maximum Gasteiger partial charge on any atom is 0.142 e. The summed E-state index contributed by atoms with van der Waals surface area (Å²) in [7, 11) is 0. The Morgan fingerprint density at radius 3 is 3.00 bits per heavy atom. The fraction of sp³-hybridized carbons (Fsp3) is 0.357. The van der Waals surface area contributed by atoms with Gasteiger partial charge in [0.05, 0.1) is 5.02 Å². The van der Waals surface area contributed by atoms with E-state index in [2.05, 4.69) is 10.4 Å². The minimum absolute atomic E-state index is 0.101. The molecule has 0 aliphatic heterocycles. The number of halogens is 2. The van der Waals surface area contributed by atoms with Gasteiger partial charge in [-0.3, -0.25) is 4.68 Å². The summed E-state index contributed by atoms with van der Waals surface area (Å²) in [5, 5.41) is 7.66. The van der Waals surface area contributed by atoms with Crippen molar-refractivity contribution in [3.8, 4) is 0 Å². The summed E-state index contributed by atoms with van der Waals surface area (Å²) in [5.74, 6) is -0.371. The molecule has 1 N–H and O–H groups in total. The molecule has 0 radical (unpaired) electrons. The first-order valence-corrected chi connectivity index (χ1v) is 6.70. The third kappa shape index (κ3) is 4.04. The van der Waals surface area contributed by atoms with Crippen LogP contribution in [-0.4, -0.2) is 16.3 Å². The maximum absolute atomic E-state index is 13.3. The average Bonchev–Trinajstić information content (AvgIpc) is 2.91. The van der Waals surface area contributed by atoms with Gasteiger partial charge in [0.2, 0.25) is 0 Å². The van der Waals surface area contributed by atoms with E-state index in [1.54, 1.807) is 12.3 Å². The van der Waals surface area contributed by atoms with E-state index in [0.29, 0.717) is 0 Å². The van der Waals surface area contributed by atoms with E-state index in [9.17, 15) is 4.39 Å².